The second kappa shape index (κ2) is 7.93. The van der Waals surface area contributed by atoms with Gasteiger partial charge in [0.05, 0.1) is 6.10 Å². The van der Waals surface area contributed by atoms with Crippen molar-refractivity contribution in [3.63, 3.8) is 0 Å². The summed E-state index contributed by atoms with van der Waals surface area (Å²) in [6, 6.07) is 17.3. The van der Waals surface area contributed by atoms with Gasteiger partial charge < -0.3 is 25.2 Å². The average Bonchev–Trinajstić information content (AvgIpc) is 2.87. The maximum absolute atomic E-state index is 12.7. The van der Waals surface area contributed by atoms with Crippen molar-refractivity contribution in [2.24, 2.45) is 0 Å². The lowest BCUT2D eigenvalue weighted by Gasteiger charge is -2.45. The highest BCUT2D eigenvalue weighted by molar-refractivity contribution is 5.98. The molecule has 0 saturated carbocycles. The van der Waals surface area contributed by atoms with Gasteiger partial charge in [0, 0.05) is 19.8 Å². The molecular formula is C24H28O7. The summed E-state index contributed by atoms with van der Waals surface area (Å²) >= 11 is 0. The highest BCUT2D eigenvalue weighted by Gasteiger charge is 2.82. The van der Waals surface area contributed by atoms with Crippen LogP contribution in [0.4, 0.5) is 0 Å². The Kier molecular flexibility index (Phi) is 5.94. The molecule has 1 aliphatic rings. The van der Waals surface area contributed by atoms with Crippen LogP contribution in [-0.2, 0) is 27.2 Å². The maximum Gasteiger partial charge on any atom is 0.267 e. The smallest absolute Gasteiger partial charge is 0.267 e. The number of hydrogen-bond acceptors (Lipinski definition) is 7. The molecule has 0 radical (unpaired) electrons. The molecule has 5 atom stereocenters. The Bertz CT molecular complexity index is 962. The highest BCUT2D eigenvalue weighted by Crippen LogP contribution is 2.55. The van der Waals surface area contributed by atoms with Crippen molar-refractivity contribution < 1.29 is 34.8 Å². The van der Waals surface area contributed by atoms with Gasteiger partial charge in [-0.1, -0.05) is 60.7 Å². The van der Waals surface area contributed by atoms with Gasteiger partial charge in [-0.25, -0.2) is 0 Å². The fourth-order valence-electron chi connectivity index (χ4n) is 4.53. The molecule has 1 unspecified atom stereocenters. The first kappa shape index (κ1) is 23.2. The van der Waals surface area contributed by atoms with E-state index >= 15 is 0 Å². The van der Waals surface area contributed by atoms with Crippen LogP contribution >= 0.6 is 0 Å². The van der Waals surface area contributed by atoms with E-state index in [-0.39, 0.29) is 12.8 Å². The van der Waals surface area contributed by atoms with Crippen LogP contribution in [0.25, 0.3) is 0 Å². The van der Waals surface area contributed by atoms with Crippen molar-refractivity contribution in [3.8, 4) is 0 Å². The Morgan fingerprint density at radius 3 is 1.81 bits per heavy atom. The van der Waals surface area contributed by atoms with Crippen LogP contribution in [0.3, 0.4) is 0 Å². The van der Waals surface area contributed by atoms with Gasteiger partial charge in [0.1, 0.15) is 11.2 Å². The minimum Gasteiger partial charge on any atom is -0.390 e. The molecule has 2 aromatic rings. The number of Topliss-reactive ketones (excluding diaryl/α,β-unsaturated/α-hetero) is 2. The average molecular weight is 428 g/mol. The molecule has 31 heavy (non-hydrogen) atoms. The Hall–Kier alpha value is -2.42. The number of aliphatic hydroxyl groups is 4. The number of carbonyl (C=O) groups excluding carboxylic acids is 2. The number of ketones is 2. The molecule has 0 bridgehead atoms. The van der Waals surface area contributed by atoms with E-state index in [4.69, 9.17) is 4.74 Å². The number of ether oxygens (including phenoxy) is 1. The maximum atomic E-state index is 12.7. The number of benzene rings is 2. The van der Waals surface area contributed by atoms with E-state index in [1.165, 1.54) is 6.92 Å². The predicted molar refractivity (Wildman–Crippen MR) is 112 cm³/mol. The van der Waals surface area contributed by atoms with Gasteiger partial charge in [0.25, 0.3) is 5.79 Å². The molecule has 0 amide bonds. The van der Waals surface area contributed by atoms with Crippen LogP contribution in [0.2, 0.25) is 0 Å². The third kappa shape index (κ3) is 3.33. The molecule has 1 saturated heterocycles. The van der Waals surface area contributed by atoms with Gasteiger partial charge in [0.15, 0.2) is 11.6 Å². The van der Waals surface area contributed by atoms with Gasteiger partial charge in [-0.15, -0.1) is 0 Å². The number of hydrogen-bond donors (Lipinski definition) is 4. The van der Waals surface area contributed by atoms with Gasteiger partial charge >= 0.3 is 0 Å². The molecule has 166 valence electrons. The summed E-state index contributed by atoms with van der Waals surface area (Å²) in [6.45, 7) is 3.20. The lowest BCUT2D eigenvalue weighted by atomic mass is 9.64. The first-order valence-electron chi connectivity index (χ1n) is 10.1. The van der Waals surface area contributed by atoms with E-state index in [0.717, 1.165) is 13.8 Å². The van der Waals surface area contributed by atoms with E-state index in [0.29, 0.717) is 11.1 Å². The Labute approximate surface area is 180 Å². The quantitative estimate of drug-likeness (QED) is 0.518. The molecule has 1 aliphatic heterocycles. The highest BCUT2D eigenvalue weighted by atomic mass is 16.7. The summed E-state index contributed by atoms with van der Waals surface area (Å²) in [5.74, 6) is -5.17. The molecule has 0 aromatic heterocycles. The fraction of sp³-hybridized carbons (Fsp3) is 0.417. The van der Waals surface area contributed by atoms with Crippen LogP contribution in [-0.4, -0.2) is 60.7 Å². The van der Waals surface area contributed by atoms with Crippen LogP contribution in [0.1, 0.15) is 31.9 Å². The fourth-order valence-corrected chi connectivity index (χ4v) is 4.53. The topological polar surface area (TPSA) is 124 Å². The van der Waals surface area contributed by atoms with Crippen molar-refractivity contribution in [1.29, 1.82) is 0 Å². The van der Waals surface area contributed by atoms with E-state index in [1.54, 1.807) is 60.7 Å². The summed E-state index contributed by atoms with van der Waals surface area (Å²) in [5, 5.41) is 45.7. The van der Waals surface area contributed by atoms with Crippen molar-refractivity contribution in [1.82, 2.24) is 0 Å². The molecule has 1 fully saturated rings. The van der Waals surface area contributed by atoms with Gasteiger partial charge in [-0.2, -0.15) is 0 Å². The van der Waals surface area contributed by atoms with Gasteiger partial charge in [0.2, 0.25) is 5.60 Å². The van der Waals surface area contributed by atoms with Crippen LogP contribution in [0.5, 0.6) is 0 Å². The molecule has 0 spiro atoms. The van der Waals surface area contributed by atoms with Crippen LogP contribution in [0, 0.1) is 0 Å². The van der Waals surface area contributed by atoms with E-state index in [2.05, 4.69) is 0 Å². The van der Waals surface area contributed by atoms with Crippen molar-refractivity contribution in [3.05, 3.63) is 71.8 Å². The zero-order valence-electron chi connectivity index (χ0n) is 17.8. The van der Waals surface area contributed by atoms with Crippen molar-refractivity contribution in [2.75, 3.05) is 0 Å². The number of carbonyl (C=O) groups is 2. The summed E-state index contributed by atoms with van der Waals surface area (Å²) in [7, 11) is 0. The Balaban J connectivity index is 2.19. The summed E-state index contributed by atoms with van der Waals surface area (Å²) in [4.78, 5) is 25.1. The SMILES string of the molecule is CC(=O)[C@@]1(O)[C@@](O)(Cc2ccccc2)[C@@](C)(C(O)Cc2ccccc2)O[C@]1(O)C(C)=O. The molecule has 4 N–H and O–H groups in total. The minimum atomic E-state index is -3.05. The van der Waals surface area contributed by atoms with Crippen molar-refractivity contribution in [2.45, 2.75) is 62.3 Å². The number of aliphatic hydroxyl groups excluding tert-OH is 1. The van der Waals surface area contributed by atoms with Gasteiger partial charge in [-0.05, 0) is 25.0 Å². The second-order valence-corrected chi connectivity index (χ2v) is 8.40. The Morgan fingerprint density at radius 1 is 0.871 bits per heavy atom. The second-order valence-electron chi connectivity index (χ2n) is 8.40. The molecule has 3 rings (SSSR count). The zero-order chi connectivity index (χ0) is 23.1. The zero-order valence-corrected chi connectivity index (χ0v) is 17.8. The standard InChI is InChI=1S/C24H28O7/c1-16(25)23(29)22(28,15-19-12-8-5-9-13-19)21(3,31-24(23,30)17(2)26)20(27)14-18-10-6-4-7-11-18/h4-13,20,27-30H,14-15H2,1-3H3/t20?,21-,22-,23-,24-/m1/s1. The molecule has 7 heteroatoms. The lowest BCUT2D eigenvalue weighted by molar-refractivity contribution is -0.262. The van der Waals surface area contributed by atoms with Gasteiger partial charge in [-0.3, -0.25) is 9.59 Å². The van der Waals surface area contributed by atoms with Crippen LogP contribution in [0.15, 0.2) is 60.7 Å². The van der Waals surface area contributed by atoms with E-state index in [1.807, 2.05) is 0 Å². The first-order valence-corrected chi connectivity index (χ1v) is 10.1. The molecule has 1 heterocycles. The predicted octanol–water partition coefficient (Wildman–Crippen LogP) is 0.950. The van der Waals surface area contributed by atoms with E-state index < -0.39 is 40.3 Å². The third-order valence-corrected chi connectivity index (χ3v) is 6.47. The third-order valence-electron chi connectivity index (χ3n) is 6.47. The normalized spacial score (nSPS) is 33.8. The lowest BCUT2D eigenvalue weighted by Crippen LogP contribution is -2.73. The summed E-state index contributed by atoms with van der Waals surface area (Å²) < 4.78 is 5.63. The summed E-state index contributed by atoms with van der Waals surface area (Å²) in [6.07, 6.45) is -1.86. The first-order chi connectivity index (χ1) is 14.4. The number of rotatable bonds is 7. The van der Waals surface area contributed by atoms with Crippen LogP contribution < -0.4 is 0 Å². The Morgan fingerprint density at radius 2 is 1.35 bits per heavy atom. The van der Waals surface area contributed by atoms with E-state index in [9.17, 15) is 30.0 Å². The largest absolute Gasteiger partial charge is 0.390 e. The monoisotopic (exact) mass is 428 g/mol. The molecule has 2 aromatic carbocycles. The summed E-state index contributed by atoms with van der Waals surface area (Å²) in [5.41, 5.74) is -6.43. The minimum absolute atomic E-state index is 0.0175. The molecule has 0 aliphatic carbocycles. The molecular weight excluding hydrogens is 400 g/mol. The van der Waals surface area contributed by atoms with Crippen molar-refractivity contribution >= 4 is 11.6 Å². The molecule has 7 nitrogen and oxygen atoms in total.